The summed E-state index contributed by atoms with van der Waals surface area (Å²) < 4.78 is 9.78. The second-order valence-corrected chi connectivity index (χ2v) is 3.20. The Bertz CT molecular complexity index is 378. The van der Waals surface area contributed by atoms with Gasteiger partial charge in [0.25, 0.3) is 0 Å². The van der Waals surface area contributed by atoms with Gasteiger partial charge < -0.3 is 24.8 Å². The van der Waals surface area contributed by atoms with Gasteiger partial charge in [-0.25, -0.2) is 4.79 Å². The average molecular weight is 242 g/mol. The summed E-state index contributed by atoms with van der Waals surface area (Å²) in [5, 5.41) is 27.5. The highest BCUT2D eigenvalue weighted by Crippen LogP contribution is 2.35. The number of hydrogen-bond donors (Lipinski definition) is 3. The molecule has 1 aromatic carbocycles. The van der Waals surface area contributed by atoms with Crippen molar-refractivity contribution in [3.05, 3.63) is 17.7 Å². The van der Waals surface area contributed by atoms with Crippen LogP contribution in [-0.2, 0) is 9.47 Å². The molecule has 1 rings (SSSR count). The zero-order chi connectivity index (χ0) is 12.8. The van der Waals surface area contributed by atoms with Crippen LogP contribution in [0.1, 0.15) is 17.3 Å². The molecule has 0 aliphatic heterocycles. The molecule has 0 bridgehead atoms. The summed E-state index contributed by atoms with van der Waals surface area (Å²) in [5.41, 5.74) is -0.0469. The van der Waals surface area contributed by atoms with E-state index in [0.29, 0.717) is 6.61 Å². The smallest absolute Gasteiger partial charge is 0.338 e. The fourth-order valence-electron chi connectivity index (χ4n) is 1.14. The Morgan fingerprint density at radius 2 is 1.76 bits per heavy atom. The summed E-state index contributed by atoms with van der Waals surface area (Å²) >= 11 is 0. The molecule has 0 unspecified atom stereocenters. The SMILES string of the molecule is CCOCCOC(=O)c1cc(O)c(O)c(O)c1. The summed E-state index contributed by atoms with van der Waals surface area (Å²) in [4.78, 5) is 11.4. The first-order valence-electron chi connectivity index (χ1n) is 5.06. The maximum atomic E-state index is 11.4. The summed E-state index contributed by atoms with van der Waals surface area (Å²) in [5.74, 6) is -2.55. The van der Waals surface area contributed by atoms with Gasteiger partial charge in [-0.3, -0.25) is 0 Å². The number of phenols is 3. The highest BCUT2D eigenvalue weighted by molar-refractivity contribution is 5.91. The van der Waals surface area contributed by atoms with E-state index in [1.807, 2.05) is 6.92 Å². The molecule has 6 heteroatoms. The minimum Gasteiger partial charge on any atom is -0.504 e. The Kier molecular flexibility index (Phi) is 4.59. The number of phenolic OH excluding ortho intramolecular Hbond substituents is 3. The maximum Gasteiger partial charge on any atom is 0.338 e. The Labute approximate surface area is 98.0 Å². The molecule has 0 aliphatic carbocycles. The molecule has 0 radical (unpaired) electrons. The van der Waals surface area contributed by atoms with Crippen molar-refractivity contribution in [3.8, 4) is 17.2 Å². The Morgan fingerprint density at radius 1 is 1.18 bits per heavy atom. The maximum absolute atomic E-state index is 11.4. The highest BCUT2D eigenvalue weighted by Gasteiger charge is 2.14. The van der Waals surface area contributed by atoms with Gasteiger partial charge in [-0.1, -0.05) is 0 Å². The summed E-state index contributed by atoms with van der Waals surface area (Å²) in [6.07, 6.45) is 0. The molecule has 6 nitrogen and oxygen atoms in total. The number of aromatic hydroxyl groups is 3. The largest absolute Gasteiger partial charge is 0.504 e. The van der Waals surface area contributed by atoms with Gasteiger partial charge in [0.15, 0.2) is 17.2 Å². The van der Waals surface area contributed by atoms with E-state index in [1.54, 1.807) is 0 Å². The van der Waals surface area contributed by atoms with Crippen molar-refractivity contribution >= 4 is 5.97 Å². The molecule has 94 valence electrons. The van der Waals surface area contributed by atoms with Crippen LogP contribution in [0.15, 0.2) is 12.1 Å². The second-order valence-electron chi connectivity index (χ2n) is 3.20. The van der Waals surface area contributed by atoms with Gasteiger partial charge in [0.1, 0.15) is 6.61 Å². The molecule has 0 spiro atoms. The van der Waals surface area contributed by atoms with Gasteiger partial charge >= 0.3 is 5.97 Å². The molecule has 0 aromatic heterocycles. The van der Waals surface area contributed by atoms with E-state index in [9.17, 15) is 15.0 Å². The Balaban J connectivity index is 2.63. The molecule has 0 saturated carbocycles. The minimum atomic E-state index is -0.713. The van der Waals surface area contributed by atoms with Crippen molar-refractivity contribution in [2.75, 3.05) is 19.8 Å². The van der Waals surface area contributed by atoms with Gasteiger partial charge in [0.2, 0.25) is 0 Å². The molecular weight excluding hydrogens is 228 g/mol. The first kappa shape index (κ1) is 13.1. The molecule has 0 atom stereocenters. The molecule has 0 fully saturated rings. The topological polar surface area (TPSA) is 96.2 Å². The molecular formula is C11H14O6. The lowest BCUT2D eigenvalue weighted by molar-refractivity contribution is 0.0334. The summed E-state index contributed by atoms with van der Waals surface area (Å²) in [7, 11) is 0. The fourth-order valence-corrected chi connectivity index (χ4v) is 1.14. The molecule has 3 N–H and O–H groups in total. The van der Waals surface area contributed by atoms with E-state index in [4.69, 9.17) is 14.6 Å². The van der Waals surface area contributed by atoms with E-state index in [-0.39, 0.29) is 18.8 Å². The van der Waals surface area contributed by atoms with Crippen LogP contribution in [0.4, 0.5) is 0 Å². The Hall–Kier alpha value is -1.95. The number of hydrogen-bond acceptors (Lipinski definition) is 6. The van der Waals surface area contributed by atoms with Crippen LogP contribution in [0.2, 0.25) is 0 Å². The van der Waals surface area contributed by atoms with Gasteiger partial charge in [-0.15, -0.1) is 0 Å². The first-order valence-corrected chi connectivity index (χ1v) is 5.06. The third kappa shape index (κ3) is 3.53. The lowest BCUT2D eigenvalue weighted by atomic mass is 10.2. The predicted octanol–water partition coefficient (Wildman–Crippen LogP) is 0.997. The van der Waals surface area contributed by atoms with Gasteiger partial charge in [0.05, 0.1) is 12.2 Å². The van der Waals surface area contributed by atoms with Crippen molar-refractivity contribution in [2.45, 2.75) is 6.92 Å². The molecule has 0 amide bonds. The zero-order valence-electron chi connectivity index (χ0n) is 9.34. The molecule has 0 saturated heterocycles. The van der Waals surface area contributed by atoms with E-state index in [2.05, 4.69) is 0 Å². The number of ether oxygens (including phenoxy) is 2. The number of carbonyl (C=O) groups is 1. The van der Waals surface area contributed by atoms with Crippen LogP contribution in [0.3, 0.4) is 0 Å². The van der Waals surface area contributed by atoms with Gasteiger partial charge in [0, 0.05) is 6.61 Å². The van der Waals surface area contributed by atoms with Crippen molar-refractivity contribution in [2.24, 2.45) is 0 Å². The first-order chi connectivity index (χ1) is 8.06. The number of carbonyl (C=O) groups excluding carboxylic acids is 1. The second kappa shape index (κ2) is 5.95. The number of esters is 1. The lowest BCUT2D eigenvalue weighted by Gasteiger charge is -2.07. The minimum absolute atomic E-state index is 0.0469. The van der Waals surface area contributed by atoms with E-state index in [1.165, 1.54) is 0 Å². The van der Waals surface area contributed by atoms with Crippen LogP contribution in [0.25, 0.3) is 0 Å². The van der Waals surface area contributed by atoms with Gasteiger partial charge in [-0.05, 0) is 19.1 Å². The fraction of sp³-hybridized carbons (Fsp3) is 0.364. The van der Waals surface area contributed by atoms with E-state index in [0.717, 1.165) is 12.1 Å². The highest BCUT2D eigenvalue weighted by atomic mass is 16.6. The predicted molar refractivity (Wildman–Crippen MR) is 58.2 cm³/mol. The molecule has 17 heavy (non-hydrogen) atoms. The van der Waals surface area contributed by atoms with Crippen LogP contribution < -0.4 is 0 Å². The van der Waals surface area contributed by atoms with Crippen molar-refractivity contribution in [3.63, 3.8) is 0 Å². The molecule has 1 aromatic rings. The van der Waals surface area contributed by atoms with E-state index >= 15 is 0 Å². The third-order valence-corrected chi connectivity index (χ3v) is 1.97. The van der Waals surface area contributed by atoms with Crippen molar-refractivity contribution in [1.82, 2.24) is 0 Å². The van der Waals surface area contributed by atoms with Crippen LogP contribution >= 0.6 is 0 Å². The van der Waals surface area contributed by atoms with Crippen LogP contribution in [0, 0.1) is 0 Å². The van der Waals surface area contributed by atoms with Crippen LogP contribution in [-0.4, -0.2) is 41.1 Å². The van der Waals surface area contributed by atoms with Gasteiger partial charge in [-0.2, -0.15) is 0 Å². The average Bonchev–Trinajstić information content (AvgIpc) is 2.30. The molecule has 0 aliphatic rings. The zero-order valence-corrected chi connectivity index (χ0v) is 9.34. The van der Waals surface area contributed by atoms with Crippen molar-refractivity contribution < 1.29 is 29.6 Å². The van der Waals surface area contributed by atoms with Crippen LogP contribution in [0.5, 0.6) is 17.2 Å². The lowest BCUT2D eigenvalue weighted by Crippen LogP contribution is -2.10. The van der Waals surface area contributed by atoms with E-state index < -0.39 is 23.2 Å². The normalized spacial score (nSPS) is 10.2. The monoisotopic (exact) mass is 242 g/mol. The molecule has 0 heterocycles. The third-order valence-electron chi connectivity index (χ3n) is 1.97. The standard InChI is InChI=1S/C11H14O6/c1-2-16-3-4-17-11(15)7-5-8(12)10(14)9(13)6-7/h5-6,12-14H,2-4H2,1H3. The summed E-state index contributed by atoms with van der Waals surface area (Å²) in [6.45, 7) is 2.70. The number of benzene rings is 1. The Morgan fingerprint density at radius 3 is 2.29 bits per heavy atom. The summed E-state index contributed by atoms with van der Waals surface area (Å²) in [6, 6.07) is 2.02. The number of rotatable bonds is 5. The van der Waals surface area contributed by atoms with Crippen molar-refractivity contribution in [1.29, 1.82) is 0 Å². The quantitative estimate of drug-likeness (QED) is 0.405.